The van der Waals surface area contributed by atoms with Crippen molar-refractivity contribution in [1.82, 2.24) is 5.32 Å². The van der Waals surface area contributed by atoms with Crippen LogP contribution in [0.15, 0.2) is 0 Å². The summed E-state index contributed by atoms with van der Waals surface area (Å²) in [5.41, 5.74) is -0.782. The van der Waals surface area contributed by atoms with Crippen LogP contribution in [-0.2, 0) is 9.59 Å². The predicted molar refractivity (Wildman–Crippen MR) is 72.3 cm³/mol. The van der Waals surface area contributed by atoms with Crippen LogP contribution in [0.5, 0.6) is 0 Å². The van der Waals surface area contributed by atoms with Crippen molar-refractivity contribution in [2.45, 2.75) is 53.9 Å². The van der Waals surface area contributed by atoms with E-state index < -0.39 is 11.4 Å². The summed E-state index contributed by atoms with van der Waals surface area (Å²) >= 11 is 0. The number of amides is 1. The van der Waals surface area contributed by atoms with Gasteiger partial charge in [-0.25, -0.2) is 0 Å². The minimum atomic E-state index is -0.828. The summed E-state index contributed by atoms with van der Waals surface area (Å²) < 4.78 is 0. The van der Waals surface area contributed by atoms with Crippen molar-refractivity contribution in [2.24, 2.45) is 17.3 Å². The molecule has 0 radical (unpaired) electrons. The number of carboxylic acids is 1. The van der Waals surface area contributed by atoms with Gasteiger partial charge in [-0.2, -0.15) is 0 Å². The number of aliphatic carboxylic acids is 1. The lowest BCUT2D eigenvalue weighted by Crippen LogP contribution is -2.33. The van der Waals surface area contributed by atoms with Crippen molar-refractivity contribution in [2.75, 3.05) is 6.54 Å². The van der Waals surface area contributed by atoms with E-state index in [4.69, 9.17) is 5.11 Å². The van der Waals surface area contributed by atoms with Crippen LogP contribution in [0, 0.1) is 17.3 Å². The van der Waals surface area contributed by atoms with E-state index in [0.717, 1.165) is 6.42 Å². The maximum absolute atomic E-state index is 11.7. The maximum atomic E-state index is 11.7. The third kappa shape index (κ3) is 6.03. The first kappa shape index (κ1) is 16.9. The molecule has 0 aliphatic carbocycles. The predicted octanol–water partition coefficient (Wildman–Crippen LogP) is 2.68. The van der Waals surface area contributed by atoms with E-state index in [0.29, 0.717) is 31.2 Å². The Balaban J connectivity index is 4.02. The number of carbonyl (C=O) groups is 2. The van der Waals surface area contributed by atoms with Crippen molar-refractivity contribution in [3.63, 3.8) is 0 Å². The minimum absolute atomic E-state index is 0.0248. The minimum Gasteiger partial charge on any atom is -0.481 e. The Bertz CT molecular complexity index is 285. The molecule has 0 aliphatic heterocycles. The Morgan fingerprint density at radius 1 is 1.28 bits per heavy atom. The van der Waals surface area contributed by atoms with Gasteiger partial charge in [0.25, 0.3) is 0 Å². The molecule has 0 bridgehead atoms. The molecule has 0 heterocycles. The van der Waals surface area contributed by atoms with Crippen LogP contribution in [-0.4, -0.2) is 23.5 Å². The van der Waals surface area contributed by atoms with Crippen LogP contribution in [0.2, 0.25) is 0 Å². The zero-order valence-corrected chi connectivity index (χ0v) is 12.2. The molecule has 0 aromatic heterocycles. The Morgan fingerprint density at radius 2 is 1.83 bits per heavy atom. The highest BCUT2D eigenvalue weighted by molar-refractivity contribution is 5.76. The van der Waals surface area contributed by atoms with E-state index in [1.807, 2.05) is 0 Å². The second kappa shape index (κ2) is 7.39. The number of hydrogen-bond acceptors (Lipinski definition) is 2. The van der Waals surface area contributed by atoms with E-state index in [1.165, 1.54) is 0 Å². The normalized spacial score (nSPS) is 13.4. The Labute approximate surface area is 110 Å². The van der Waals surface area contributed by atoms with Crippen LogP contribution >= 0.6 is 0 Å². The number of rotatable bonds is 8. The summed E-state index contributed by atoms with van der Waals surface area (Å²) in [5.74, 6) is 0.0933. The largest absolute Gasteiger partial charge is 0.481 e. The molecule has 0 fully saturated rings. The van der Waals surface area contributed by atoms with Gasteiger partial charge in [0, 0.05) is 13.0 Å². The van der Waals surface area contributed by atoms with E-state index in [1.54, 1.807) is 13.8 Å². The van der Waals surface area contributed by atoms with Gasteiger partial charge in [0.1, 0.15) is 0 Å². The molecule has 1 amide bonds. The third-order valence-corrected chi connectivity index (χ3v) is 3.57. The summed E-state index contributed by atoms with van der Waals surface area (Å²) in [6.07, 6.45) is 1.97. The Morgan fingerprint density at radius 3 is 2.22 bits per heavy atom. The highest BCUT2D eigenvalue weighted by Crippen LogP contribution is 2.20. The van der Waals surface area contributed by atoms with E-state index in [9.17, 15) is 9.59 Å². The lowest BCUT2D eigenvalue weighted by atomic mass is 9.89. The van der Waals surface area contributed by atoms with E-state index >= 15 is 0 Å². The van der Waals surface area contributed by atoms with Gasteiger partial charge in [0.15, 0.2) is 0 Å². The number of nitrogens with one attached hydrogen (secondary N) is 1. The van der Waals surface area contributed by atoms with Gasteiger partial charge in [0.2, 0.25) is 5.91 Å². The van der Waals surface area contributed by atoms with Crippen LogP contribution in [0.4, 0.5) is 0 Å². The van der Waals surface area contributed by atoms with Crippen LogP contribution in [0.25, 0.3) is 0 Å². The van der Waals surface area contributed by atoms with Crippen molar-refractivity contribution < 1.29 is 14.7 Å². The fourth-order valence-electron chi connectivity index (χ4n) is 1.78. The maximum Gasteiger partial charge on any atom is 0.309 e. The summed E-state index contributed by atoms with van der Waals surface area (Å²) in [7, 11) is 0. The second-order valence-corrected chi connectivity index (χ2v) is 5.91. The molecule has 0 aromatic rings. The number of hydrogen-bond donors (Lipinski definition) is 2. The summed E-state index contributed by atoms with van der Waals surface area (Å²) in [5, 5.41) is 11.8. The first-order valence-electron chi connectivity index (χ1n) is 6.70. The molecule has 0 spiro atoms. The van der Waals surface area contributed by atoms with Gasteiger partial charge in [-0.3, -0.25) is 9.59 Å². The lowest BCUT2D eigenvalue weighted by Gasteiger charge is -2.21. The van der Waals surface area contributed by atoms with Gasteiger partial charge >= 0.3 is 5.97 Å². The molecule has 106 valence electrons. The molecule has 0 saturated carbocycles. The molecule has 18 heavy (non-hydrogen) atoms. The number of carboxylic acid groups (broad SMARTS) is 1. The van der Waals surface area contributed by atoms with Crippen LogP contribution in [0.3, 0.4) is 0 Å². The molecule has 1 atom stereocenters. The summed E-state index contributed by atoms with van der Waals surface area (Å²) in [4.78, 5) is 22.6. The van der Waals surface area contributed by atoms with Crippen molar-refractivity contribution >= 4 is 11.9 Å². The van der Waals surface area contributed by atoms with Gasteiger partial charge < -0.3 is 10.4 Å². The number of carbonyl (C=O) groups excluding carboxylic acids is 1. The molecule has 2 N–H and O–H groups in total. The second-order valence-electron chi connectivity index (χ2n) is 5.91. The van der Waals surface area contributed by atoms with E-state index in [2.05, 4.69) is 26.1 Å². The van der Waals surface area contributed by atoms with E-state index in [-0.39, 0.29) is 5.91 Å². The quantitative estimate of drug-likeness (QED) is 0.702. The topological polar surface area (TPSA) is 66.4 Å². The Hall–Kier alpha value is -1.06. The standard InChI is InChI=1S/C14H27NO3/c1-6-11(10(2)3)9-12(16)15-8-7-14(4,5)13(17)18/h10-11H,6-9H2,1-5H3,(H,15,16)(H,17,18). The average Bonchev–Trinajstić information content (AvgIpc) is 2.24. The summed E-state index contributed by atoms with van der Waals surface area (Å²) in [6, 6.07) is 0. The van der Waals surface area contributed by atoms with Gasteiger partial charge in [-0.1, -0.05) is 27.2 Å². The first-order valence-corrected chi connectivity index (χ1v) is 6.70. The molecule has 0 rings (SSSR count). The average molecular weight is 257 g/mol. The van der Waals surface area contributed by atoms with Gasteiger partial charge in [-0.05, 0) is 32.1 Å². The molecule has 4 heteroatoms. The van der Waals surface area contributed by atoms with Crippen molar-refractivity contribution in [1.29, 1.82) is 0 Å². The van der Waals surface area contributed by atoms with Gasteiger partial charge in [-0.15, -0.1) is 0 Å². The third-order valence-electron chi connectivity index (χ3n) is 3.57. The van der Waals surface area contributed by atoms with Gasteiger partial charge in [0.05, 0.1) is 5.41 Å². The highest BCUT2D eigenvalue weighted by Gasteiger charge is 2.26. The van der Waals surface area contributed by atoms with Crippen molar-refractivity contribution in [3.8, 4) is 0 Å². The highest BCUT2D eigenvalue weighted by atomic mass is 16.4. The molecule has 0 saturated heterocycles. The summed E-state index contributed by atoms with van der Waals surface area (Å²) in [6.45, 7) is 10.1. The van der Waals surface area contributed by atoms with Crippen LogP contribution < -0.4 is 5.32 Å². The Kier molecular flexibility index (Phi) is 6.96. The molecular weight excluding hydrogens is 230 g/mol. The fourth-order valence-corrected chi connectivity index (χ4v) is 1.78. The molecule has 4 nitrogen and oxygen atoms in total. The first-order chi connectivity index (χ1) is 8.20. The SMILES string of the molecule is CCC(CC(=O)NCCC(C)(C)C(=O)O)C(C)C. The van der Waals surface area contributed by atoms with Crippen molar-refractivity contribution in [3.05, 3.63) is 0 Å². The molecule has 0 aromatic carbocycles. The molecule has 1 unspecified atom stereocenters. The fraction of sp³-hybridized carbons (Fsp3) is 0.857. The molecule has 0 aliphatic rings. The molecular formula is C14H27NO3. The smallest absolute Gasteiger partial charge is 0.309 e. The lowest BCUT2D eigenvalue weighted by molar-refractivity contribution is -0.147. The zero-order valence-electron chi connectivity index (χ0n) is 12.2. The monoisotopic (exact) mass is 257 g/mol. The van der Waals surface area contributed by atoms with Crippen LogP contribution in [0.1, 0.15) is 53.9 Å². The zero-order chi connectivity index (χ0) is 14.3.